The van der Waals surface area contributed by atoms with E-state index in [2.05, 4.69) is 26.1 Å². The van der Waals surface area contributed by atoms with Crippen molar-refractivity contribution in [3.63, 3.8) is 0 Å². The van der Waals surface area contributed by atoms with Crippen LogP contribution >= 0.6 is 0 Å². The lowest BCUT2D eigenvalue weighted by molar-refractivity contribution is -0.136. The van der Waals surface area contributed by atoms with E-state index in [1.807, 2.05) is 24.0 Å². The van der Waals surface area contributed by atoms with Gasteiger partial charge in [0.15, 0.2) is 0 Å². The Kier molecular flexibility index (Phi) is 5.86. The van der Waals surface area contributed by atoms with Crippen LogP contribution in [0, 0.1) is 5.41 Å². The molecule has 2 rings (SSSR count). The van der Waals surface area contributed by atoms with Gasteiger partial charge < -0.3 is 10.1 Å². The van der Waals surface area contributed by atoms with Crippen molar-refractivity contribution in [2.45, 2.75) is 78.4 Å². The zero-order valence-corrected chi connectivity index (χ0v) is 16.8. The predicted octanol–water partition coefficient (Wildman–Crippen LogP) is 4.24. The molecule has 0 spiro atoms. The van der Waals surface area contributed by atoms with Crippen LogP contribution in [-0.4, -0.2) is 41.5 Å². The molecule has 2 heterocycles. The van der Waals surface area contributed by atoms with Crippen LogP contribution in [0.4, 0.5) is 8.78 Å². The molecule has 0 radical (unpaired) electrons. The fourth-order valence-electron chi connectivity index (χ4n) is 3.09. The maximum atomic E-state index is 13.4. The molecular formula is C20H32F2N2O2. The minimum Gasteiger partial charge on any atom is -0.494 e. The van der Waals surface area contributed by atoms with Crippen LogP contribution in [-0.2, 0) is 9.53 Å². The van der Waals surface area contributed by atoms with Gasteiger partial charge in [-0.25, -0.2) is 8.78 Å². The molecule has 1 N–H and O–H groups in total. The second-order valence-corrected chi connectivity index (χ2v) is 8.94. The summed E-state index contributed by atoms with van der Waals surface area (Å²) in [5, 5.41) is 2.98. The molecule has 1 fully saturated rings. The molecule has 0 saturated carbocycles. The van der Waals surface area contributed by atoms with Gasteiger partial charge in [0.25, 0.3) is 5.92 Å². The lowest BCUT2D eigenvalue weighted by Gasteiger charge is -2.41. The van der Waals surface area contributed by atoms with Crippen LogP contribution in [0.5, 0.6) is 0 Å². The Bertz CT molecular complexity index is 593. The number of amides is 1. The number of hydrogen-bond acceptors (Lipinski definition) is 3. The van der Waals surface area contributed by atoms with Gasteiger partial charge in [0.2, 0.25) is 5.91 Å². The molecule has 4 nitrogen and oxygen atoms in total. The third-order valence-corrected chi connectivity index (χ3v) is 5.12. The van der Waals surface area contributed by atoms with Crippen molar-refractivity contribution in [2.24, 2.45) is 5.41 Å². The van der Waals surface area contributed by atoms with Crippen molar-refractivity contribution in [1.29, 1.82) is 0 Å². The first-order valence-electron chi connectivity index (χ1n) is 9.34. The Morgan fingerprint density at radius 3 is 2.35 bits per heavy atom. The molecule has 0 aliphatic carbocycles. The Morgan fingerprint density at radius 1 is 1.23 bits per heavy atom. The lowest BCUT2D eigenvalue weighted by Crippen LogP contribution is -2.58. The highest BCUT2D eigenvalue weighted by molar-refractivity contribution is 5.87. The molecule has 0 aromatic carbocycles. The summed E-state index contributed by atoms with van der Waals surface area (Å²) in [6, 6.07) is 0. The van der Waals surface area contributed by atoms with Crippen molar-refractivity contribution < 1.29 is 18.3 Å². The molecule has 2 aliphatic heterocycles. The lowest BCUT2D eigenvalue weighted by atomic mass is 9.93. The third-order valence-electron chi connectivity index (χ3n) is 5.12. The van der Waals surface area contributed by atoms with Gasteiger partial charge in [-0.15, -0.1) is 0 Å². The molecule has 0 bridgehead atoms. The second kappa shape index (κ2) is 7.29. The zero-order chi connectivity index (χ0) is 19.8. The van der Waals surface area contributed by atoms with Crippen LogP contribution in [0.3, 0.4) is 0 Å². The minimum atomic E-state index is -2.62. The van der Waals surface area contributed by atoms with E-state index < -0.39 is 11.5 Å². The topological polar surface area (TPSA) is 41.6 Å². The molecule has 1 atom stereocenters. The first kappa shape index (κ1) is 20.9. The highest BCUT2D eigenvalue weighted by Gasteiger charge is 2.42. The first-order valence-corrected chi connectivity index (χ1v) is 9.34. The maximum absolute atomic E-state index is 13.4. The molecule has 26 heavy (non-hydrogen) atoms. The standard InChI is InChI=1S/C20H32F2N2O2/c1-14-7-8-15(13-16(26-14)18(2,3)4)23-17(25)19(5,6)24-11-9-20(21,22)10-12-24/h8,13-14H,7,9-12H2,1-6H3,(H,23,25). The van der Waals surface area contributed by atoms with Crippen LogP contribution in [0.1, 0.15) is 60.8 Å². The number of allylic oxidation sites excluding steroid dienone is 2. The quantitative estimate of drug-likeness (QED) is 0.808. The Hall–Kier alpha value is -1.43. The van der Waals surface area contributed by atoms with E-state index in [1.54, 1.807) is 13.8 Å². The summed E-state index contributed by atoms with van der Waals surface area (Å²) in [4.78, 5) is 14.7. The summed E-state index contributed by atoms with van der Waals surface area (Å²) in [7, 11) is 0. The number of nitrogens with zero attached hydrogens (tertiary/aromatic N) is 1. The third kappa shape index (κ3) is 5.06. The summed E-state index contributed by atoms with van der Waals surface area (Å²) < 4.78 is 32.8. The van der Waals surface area contributed by atoms with Gasteiger partial charge in [0.05, 0.1) is 11.6 Å². The van der Waals surface area contributed by atoms with Gasteiger partial charge in [-0.3, -0.25) is 9.69 Å². The van der Waals surface area contributed by atoms with Crippen LogP contribution < -0.4 is 5.32 Å². The smallest absolute Gasteiger partial charge is 0.250 e. The van der Waals surface area contributed by atoms with E-state index in [0.717, 1.165) is 5.76 Å². The van der Waals surface area contributed by atoms with Gasteiger partial charge in [-0.1, -0.05) is 26.8 Å². The van der Waals surface area contributed by atoms with E-state index in [-0.39, 0.29) is 43.4 Å². The van der Waals surface area contributed by atoms with E-state index in [9.17, 15) is 13.6 Å². The zero-order valence-electron chi connectivity index (χ0n) is 16.8. The molecule has 148 valence electrons. The van der Waals surface area contributed by atoms with Gasteiger partial charge in [-0.2, -0.15) is 0 Å². The number of halogens is 2. The number of alkyl halides is 2. The fraction of sp³-hybridized carbons (Fsp3) is 0.750. The molecule has 1 unspecified atom stereocenters. The van der Waals surface area contributed by atoms with Gasteiger partial charge in [0, 0.05) is 43.5 Å². The molecule has 1 saturated heterocycles. The van der Waals surface area contributed by atoms with E-state index >= 15 is 0 Å². The van der Waals surface area contributed by atoms with Gasteiger partial charge in [0.1, 0.15) is 5.76 Å². The largest absolute Gasteiger partial charge is 0.494 e. The van der Waals surface area contributed by atoms with Crippen molar-refractivity contribution in [2.75, 3.05) is 13.1 Å². The number of carbonyl (C=O) groups excluding carboxylic acids is 1. The van der Waals surface area contributed by atoms with E-state index in [4.69, 9.17) is 4.74 Å². The number of piperidine rings is 1. The minimum absolute atomic E-state index is 0.0345. The summed E-state index contributed by atoms with van der Waals surface area (Å²) in [6.45, 7) is 12.2. The number of likely N-dealkylation sites (tertiary alicyclic amines) is 1. The molecule has 2 aliphatic rings. The average molecular weight is 370 g/mol. The number of rotatable bonds is 3. The number of hydrogen-bond donors (Lipinski definition) is 1. The van der Waals surface area contributed by atoms with Crippen LogP contribution in [0.25, 0.3) is 0 Å². The monoisotopic (exact) mass is 370 g/mol. The van der Waals surface area contributed by atoms with Crippen LogP contribution in [0.15, 0.2) is 23.6 Å². The summed E-state index contributed by atoms with van der Waals surface area (Å²) >= 11 is 0. The van der Waals surface area contributed by atoms with Crippen LogP contribution in [0.2, 0.25) is 0 Å². The summed E-state index contributed by atoms with van der Waals surface area (Å²) in [6.07, 6.45) is 4.16. The molecule has 0 aromatic rings. The van der Waals surface area contributed by atoms with E-state index in [1.165, 1.54) is 0 Å². The predicted molar refractivity (Wildman–Crippen MR) is 98.8 cm³/mol. The molecule has 0 aromatic heterocycles. The highest BCUT2D eigenvalue weighted by Crippen LogP contribution is 2.32. The SMILES string of the molecule is CC1CC=C(NC(=O)C(C)(C)N2CCC(F)(F)CC2)C=C(C(C)(C)C)O1. The first-order chi connectivity index (χ1) is 11.8. The molecule has 6 heteroatoms. The average Bonchev–Trinajstić information content (AvgIpc) is 2.68. The van der Waals surface area contributed by atoms with Crippen molar-refractivity contribution in [1.82, 2.24) is 10.2 Å². The van der Waals surface area contributed by atoms with Gasteiger partial charge >= 0.3 is 0 Å². The number of carbonyl (C=O) groups is 1. The fourth-order valence-corrected chi connectivity index (χ4v) is 3.09. The summed E-state index contributed by atoms with van der Waals surface area (Å²) in [5.41, 5.74) is -0.318. The van der Waals surface area contributed by atoms with Crippen molar-refractivity contribution in [3.05, 3.63) is 23.6 Å². The Morgan fingerprint density at radius 2 is 1.81 bits per heavy atom. The van der Waals surface area contributed by atoms with E-state index in [0.29, 0.717) is 12.1 Å². The van der Waals surface area contributed by atoms with Crippen molar-refractivity contribution in [3.8, 4) is 0 Å². The molecule has 1 amide bonds. The Balaban J connectivity index is 2.12. The number of ether oxygens (including phenoxy) is 1. The van der Waals surface area contributed by atoms with Crippen molar-refractivity contribution >= 4 is 5.91 Å². The summed E-state index contributed by atoms with van der Waals surface area (Å²) in [5.74, 6) is -1.98. The maximum Gasteiger partial charge on any atom is 0.250 e. The van der Waals surface area contributed by atoms with Gasteiger partial charge in [-0.05, 0) is 26.8 Å². The highest BCUT2D eigenvalue weighted by atomic mass is 19.3. The number of nitrogens with one attached hydrogen (secondary N) is 1. The Labute approximate surface area is 155 Å². The molecular weight excluding hydrogens is 338 g/mol. The second-order valence-electron chi connectivity index (χ2n) is 8.94. The normalized spacial score (nSPS) is 24.8.